The van der Waals surface area contributed by atoms with Gasteiger partial charge in [0.2, 0.25) is 0 Å². The highest BCUT2D eigenvalue weighted by atomic mass is 79.9. The van der Waals surface area contributed by atoms with Gasteiger partial charge < -0.3 is 19.4 Å². The van der Waals surface area contributed by atoms with Crippen LogP contribution in [-0.2, 0) is 13.1 Å². The van der Waals surface area contributed by atoms with E-state index in [2.05, 4.69) is 35.9 Å². The van der Waals surface area contributed by atoms with E-state index in [1.807, 2.05) is 23.7 Å². The second kappa shape index (κ2) is 9.79. The van der Waals surface area contributed by atoms with Crippen LogP contribution in [0.3, 0.4) is 0 Å². The van der Waals surface area contributed by atoms with Crippen LogP contribution >= 0.6 is 15.9 Å². The van der Waals surface area contributed by atoms with Crippen LogP contribution in [0.2, 0.25) is 0 Å². The number of rotatable bonds is 7. The Morgan fingerprint density at radius 1 is 1.16 bits per heavy atom. The van der Waals surface area contributed by atoms with Gasteiger partial charge in [0.05, 0.1) is 23.3 Å². The molecule has 5 rings (SSSR count). The number of hydrogen-bond acceptors (Lipinski definition) is 7. The first-order chi connectivity index (χ1) is 17.6. The molecule has 0 spiro atoms. The Bertz CT molecular complexity index is 1360. The van der Waals surface area contributed by atoms with Crippen LogP contribution in [0.1, 0.15) is 35.4 Å². The van der Waals surface area contributed by atoms with Crippen LogP contribution in [-0.4, -0.2) is 83.3 Å². The van der Waals surface area contributed by atoms with E-state index in [4.69, 9.17) is 4.74 Å². The topological polar surface area (TPSA) is 79.6 Å². The maximum absolute atomic E-state index is 15.2. The Morgan fingerprint density at radius 3 is 2.59 bits per heavy atom. The third-order valence-corrected chi connectivity index (χ3v) is 7.57. The normalized spacial score (nSPS) is 16.6. The first kappa shape index (κ1) is 25.8. The van der Waals surface area contributed by atoms with Gasteiger partial charge >= 0.3 is 6.01 Å². The van der Waals surface area contributed by atoms with Gasteiger partial charge in [-0.3, -0.25) is 9.48 Å². The standard InChI is InChI=1S/C25H30BrF2N7O2/c1-32(2)13-25(6-7-25)14-37-24-29-21-16(11-17(27)19(26)20(21)28)22(30-24)34-8-5-9-35-15(12-34)10-18(31-35)23(36)33(3)4/h10-11H,5-9,12-14H2,1-4H3. The molecule has 0 saturated heterocycles. The van der Waals surface area contributed by atoms with E-state index in [1.54, 1.807) is 20.2 Å². The second-order valence-electron chi connectivity index (χ2n) is 10.5. The van der Waals surface area contributed by atoms with E-state index in [0.717, 1.165) is 25.1 Å². The van der Waals surface area contributed by atoms with E-state index in [0.29, 0.717) is 44.2 Å². The fraction of sp³-hybridized carbons (Fsp3) is 0.520. The minimum absolute atomic E-state index is 0.00744. The molecule has 0 unspecified atom stereocenters. The molecular formula is C25H30BrF2N7O2. The lowest BCUT2D eigenvalue weighted by Crippen LogP contribution is -2.28. The van der Waals surface area contributed by atoms with E-state index in [1.165, 1.54) is 11.0 Å². The summed E-state index contributed by atoms with van der Waals surface area (Å²) in [6, 6.07) is 3.07. The highest BCUT2D eigenvalue weighted by Gasteiger charge is 2.44. The van der Waals surface area contributed by atoms with Crippen LogP contribution in [0.4, 0.5) is 14.6 Å². The molecule has 3 heterocycles. The molecule has 2 aromatic heterocycles. The first-order valence-electron chi connectivity index (χ1n) is 12.2. The summed E-state index contributed by atoms with van der Waals surface area (Å²) in [5.74, 6) is -1.32. The van der Waals surface area contributed by atoms with Crippen molar-refractivity contribution < 1.29 is 18.3 Å². The largest absolute Gasteiger partial charge is 0.463 e. The van der Waals surface area contributed by atoms with Crippen LogP contribution in [0, 0.1) is 17.0 Å². The molecule has 37 heavy (non-hydrogen) atoms. The number of nitrogens with zero attached hydrogens (tertiary/aromatic N) is 7. The van der Waals surface area contributed by atoms with Gasteiger partial charge in [-0.15, -0.1) is 0 Å². The predicted octanol–water partition coefficient (Wildman–Crippen LogP) is 3.70. The van der Waals surface area contributed by atoms with Gasteiger partial charge in [-0.05, 0) is 61.4 Å². The molecule has 1 aromatic carbocycles. The molecular weight excluding hydrogens is 548 g/mol. The fourth-order valence-electron chi connectivity index (χ4n) is 4.83. The van der Waals surface area contributed by atoms with E-state index < -0.39 is 11.6 Å². The summed E-state index contributed by atoms with van der Waals surface area (Å²) in [5.41, 5.74) is 1.20. The smallest absolute Gasteiger partial charge is 0.319 e. The zero-order valence-corrected chi connectivity index (χ0v) is 23.0. The van der Waals surface area contributed by atoms with Crippen LogP contribution < -0.4 is 9.64 Å². The summed E-state index contributed by atoms with van der Waals surface area (Å²) in [4.78, 5) is 27.0. The third kappa shape index (κ3) is 5.13. The van der Waals surface area contributed by atoms with Crippen molar-refractivity contribution in [1.29, 1.82) is 0 Å². The van der Waals surface area contributed by atoms with Gasteiger partial charge in [-0.2, -0.15) is 15.1 Å². The average Bonchev–Trinajstić information content (AvgIpc) is 3.54. The summed E-state index contributed by atoms with van der Waals surface area (Å²) < 4.78 is 37.4. The Hall–Kier alpha value is -2.86. The summed E-state index contributed by atoms with van der Waals surface area (Å²) >= 11 is 3.00. The molecule has 0 N–H and O–H groups in total. The van der Waals surface area contributed by atoms with Crippen molar-refractivity contribution in [3.05, 3.63) is 39.6 Å². The van der Waals surface area contributed by atoms with E-state index in [9.17, 15) is 9.18 Å². The number of amides is 1. The van der Waals surface area contributed by atoms with Crippen molar-refractivity contribution in [3.63, 3.8) is 0 Å². The summed E-state index contributed by atoms with van der Waals surface area (Å²) in [6.07, 6.45) is 2.79. The van der Waals surface area contributed by atoms with Gasteiger partial charge in [-0.25, -0.2) is 8.78 Å². The van der Waals surface area contributed by atoms with Crippen LogP contribution in [0.25, 0.3) is 10.9 Å². The monoisotopic (exact) mass is 577 g/mol. The maximum Gasteiger partial charge on any atom is 0.319 e. The molecule has 1 fully saturated rings. The zero-order valence-electron chi connectivity index (χ0n) is 21.4. The summed E-state index contributed by atoms with van der Waals surface area (Å²) in [7, 11) is 7.40. The lowest BCUT2D eigenvalue weighted by Gasteiger charge is -2.24. The molecule has 9 nitrogen and oxygen atoms in total. The van der Waals surface area contributed by atoms with Crippen molar-refractivity contribution >= 4 is 38.6 Å². The SMILES string of the molecule is CN(C)CC1(COc2nc(N3CCCn4nc(C(=O)N(C)C)cc4C3)c3cc(F)c(Br)c(F)c3n2)CC1. The summed E-state index contributed by atoms with van der Waals surface area (Å²) in [6.45, 7) is 2.85. The number of fused-ring (bicyclic) bond motifs is 2. The second-order valence-corrected chi connectivity index (χ2v) is 11.3. The minimum atomic E-state index is -0.795. The lowest BCUT2D eigenvalue weighted by atomic mass is 10.1. The van der Waals surface area contributed by atoms with E-state index >= 15 is 4.39 Å². The number of halogens is 3. The van der Waals surface area contributed by atoms with Gasteiger partial charge in [0.15, 0.2) is 11.5 Å². The maximum atomic E-state index is 15.2. The van der Waals surface area contributed by atoms with Crippen molar-refractivity contribution in [1.82, 2.24) is 29.5 Å². The van der Waals surface area contributed by atoms with Crippen molar-refractivity contribution in [2.45, 2.75) is 32.4 Å². The van der Waals surface area contributed by atoms with Gasteiger partial charge in [0.25, 0.3) is 5.91 Å². The molecule has 1 aliphatic carbocycles. The fourth-order valence-corrected chi connectivity index (χ4v) is 5.13. The number of anilines is 1. The molecule has 3 aromatic rings. The van der Waals surface area contributed by atoms with Gasteiger partial charge in [0.1, 0.15) is 17.2 Å². The number of ether oxygens (including phenoxy) is 1. The van der Waals surface area contributed by atoms with Gasteiger partial charge in [-0.1, -0.05) is 0 Å². The highest BCUT2D eigenvalue weighted by molar-refractivity contribution is 9.10. The predicted molar refractivity (Wildman–Crippen MR) is 139 cm³/mol. The van der Waals surface area contributed by atoms with E-state index in [-0.39, 0.29) is 32.7 Å². The molecule has 198 valence electrons. The third-order valence-electron chi connectivity index (χ3n) is 6.84. The van der Waals surface area contributed by atoms with Crippen molar-refractivity contribution in [2.24, 2.45) is 5.41 Å². The number of benzene rings is 1. The van der Waals surface area contributed by atoms with Gasteiger partial charge in [0, 0.05) is 44.5 Å². The summed E-state index contributed by atoms with van der Waals surface area (Å²) in [5, 5.41) is 4.74. The van der Waals surface area contributed by atoms with Crippen LogP contribution in [0.15, 0.2) is 16.6 Å². The lowest BCUT2D eigenvalue weighted by molar-refractivity contribution is 0.0821. The molecule has 1 saturated carbocycles. The highest BCUT2D eigenvalue weighted by Crippen LogP contribution is 2.46. The molecule has 1 amide bonds. The molecule has 2 aliphatic rings. The Balaban J connectivity index is 1.52. The number of hydrogen-bond donors (Lipinski definition) is 0. The van der Waals surface area contributed by atoms with Crippen molar-refractivity contribution in [2.75, 3.05) is 52.8 Å². The Morgan fingerprint density at radius 2 is 1.92 bits per heavy atom. The molecule has 0 atom stereocenters. The number of carbonyl (C=O) groups excluding carboxylic acids is 1. The number of aryl methyl sites for hydroxylation is 1. The van der Waals surface area contributed by atoms with Crippen molar-refractivity contribution in [3.8, 4) is 6.01 Å². The Kier molecular flexibility index (Phi) is 6.82. The molecule has 0 bridgehead atoms. The number of aromatic nitrogens is 4. The average molecular weight is 578 g/mol. The minimum Gasteiger partial charge on any atom is -0.463 e. The first-order valence-corrected chi connectivity index (χ1v) is 13.0. The van der Waals surface area contributed by atoms with Crippen LogP contribution in [0.5, 0.6) is 6.01 Å². The molecule has 1 aliphatic heterocycles. The quantitative estimate of drug-likeness (QED) is 0.396. The number of carbonyl (C=O) groups is 1. The Labute approximate surface area is 222 Å². The zero-order chi connectivity index (χ0) is 26.5. The molecule has 0 radical (unpaired) electrons. The molecule has 12 heteroatoms.